The van der Waals surface area contributed by atoms with Crippen molar-refractivity contribution in [3.63, 3.8) is 0 Å². The van der Waals surface area contributed by atoms with Gasteiger partial charge in [-0.25, -0.2) is 0 Å². The molecular weight excluding hydrogens is 174 g/mol. The summed E-state index contributed by atoms with van der Waals surface area (Å²) in [6, 6.07) is 0.733. The van der Waals surface area contributed by atoms with Gasteiger partial charge in [-0.2, -0.15) is 5.10 Å². The van der Waals surface area contributed by atoms with E-state index in [0.717, 1.165) is 6.04 Å². The van der Waals surface area contributed by atoms with Gasteiger partial charge >= 0.3 is 0 Å². The number of anilines is 1. The van der Waals surface area contributed by atoms with E-state index in [0.29, 0.717) is 0 Å². The monoisotopic (exact) mass is 191 g/mol. The standard InChI is InChI=1S/C11H17N3/c1-14-11(12-8-6-7-8)9-4-2-3-5-10(9)13-14/h8,12H,2-7H2,1H3. The molecule has 3 rings (SSSR count). The average Bonchev–Trinajstić information content (AvgIpc) is 2.93. The molecule has 1 aromatic heterocycles. The van der Waals surface area contributed by atoms with Crippen molar-refractivity contribution < 1.29 is 0 Å². The summed E-state index contributed by atoms with van der Waals surface area (Å²) >= 11 is 0. The fourth-order valence-corrected chi connectivity index (χ4v) is 2.28. The minimum atomic E-state index is 0.733. The molecule has 3 nitrogen and oxygen atoms in total. The van der Waals surface area contributed by atoms with Crippen molar-refractivity contribution in [2.75, 3.05) is 5.32 Å². The van der Waals surface area contributed by atoms with Crippen LogP contribution in [-0.4, -0.2) is 15.8 Å². The van der Waals surface area contributed by atoms with Crippen LogP contribution in [0.3, 0.4) is 0 Å². The SMILES string of the molecule is Cn1nc2c(c1NC1CC1)CCCC2. The Morgan fingerprint density at radius 1 is 1.29 bits per heavy atom. The first kappa shape index (κ1) is 8.33. The molecule has 76 valence electrons. The molecule has 0 saturated heterocycles. The van der Waals surface area contributed by atoms with Gasteiger partial charge in [0.2, 0.25) is 0 Å². The smallest absolute Gasteiger partial charge is 0.127 e. The van der Waals surface area contributed by atoms with Gasteiger partial charge in [0.25, 0.3) is 0 Å². The summed E-state index contributed by atoms with van der Waals surface area (Å²) in [6.07, 6.45) is 7.71. The molecule has 0 atom stereocenters. The summed E-state index contributed by atoms with van der Waals surface area (Å²) < 4.78 is 2.04. The van der Waals surface area contributed by atoms with Crippen LogP contribution in [0.15, 0.2) is 0 Å². The molecule has 0 bridgehead atoms. The molecule has 0 radical (unpaired) electrons. The predicted octanol–water partition coefficient (Wildman–Crippen LogP) is 1.87. The van der Waals surface area contributed by atoms with Crippen molar-refractivity contribution in [2.24, 2.45) is 7.05 Å². The molecule has 14 heavy (non-hydrogen) atoms. The van der Waals surface area contributed by atoms with Gasteiger partial charge in [0.1, 0.15) is 5.82 Å². The quantitative estimate of drug-likeness (QED) is 0.773. The molecule has 0 unspecified atom stereocenters. The molecule has 1 fully saturated rings. The number of hydrogen-bond donors (Lipinski definition) is 1. The van der Waals surface area contributed by atoms with E-state index in [1.165, 1.54) is 55.6 Å². The molecule has 2 aliphatic rings. The van der Waals surface area contributed by atoms with Crippen molar-refractivity contribution >= 4 is 5.82 Å². The lowest BCUT2D eigenvalue weighted by Gasteiger charge is -2.12. The third-order valence-electron chi connectivity index (χ3n) is 3.24. The molecule has 0 aliphatic heterocycles. The van der Waals surface area contributed by atoms with E-state index in [-0.39, 0.29) is 0 Å². The number of aryl methyl sites for hydroxylation is 2. The Morgan fingerprint density at radius 2 is 2.07 bits per heavy atom. The third-order valence-corrected chi connectivity index (χ3v) is 3.24. The van der Waals surface area contributed by atoms with Gasteiger partial charge in [-0.05, 0) is 38.5 Å². The molecule has 2 aliphatic carbocycles. The first-order chi connectivity index (χ1) is 6.84. The molecule has 0 spiro atoms. The zero-order chi connectivity index (χ0) is 9.54. The van der Waals surface area contributed by atoms with Gasteiger partial charge in [0.05, 0.1) is 5.69 Å². The fraction of sp³-hybridized carbons (Fsp3) is 0.727. The minimum Gasteiger partial charge on any atom is -0.367 e. The first-order valence-corrected chi connectivity index (χ1v) is 5.66. The van der Waals surface area contributed by atoms with Crippen molar-refractivity contribution in [3.8, 4) is 0 Å². The Kier molecular flexibility index (Phi) is 1.79. The highest BCUT2D eigenvalue weighted by Crippen LogP contribution is 2.31. The molecule has 0 amide bonds. The second-order valence-corrected chi connectivity index (χ2v) is 4.52. The van der Waals surface area contributed by atoms with Gasteiger partial charge in [-0.3, -0.25) is 4.68 Å². The topological polar surface area (TPSA) is 29.9 Å². The number of aromatic nitrogens is 2. The molecule has 1 N–H and O–H groups in total. The van der Waals surface area contributed by atoms with Gasteiger partial charge in [-0.15, -0.1) is 0 Å². The lowest BCUT2D eigenvalue weighted by Crippen LogP contribution is -2.09. The van der Waals surface area contributed by atoms with Crippen molar-refractivity contribution in [1.82, 2.24) is 9.78 Å². The Morgan fingerprint density at radius 3 is 2.86 bits per heavy atom. The second-order valence-electron chi connectivity index (χ2n) is 4.52. The van der Waals surface area contributed by atoms with Crippen molar-refractivity contribution in [1.29, 1.82) is 0 Å². The van der Waals surface area contributed by atoms with Gasteiger partial charge < -0.3 is 5.32 Å². The van der Waals surface area contributed by atoms with Crippen LogP contribution in [0.25, 0.3) is 0 Å². The Balaban J connectivity index is 1.94. The average molecular weight is 191 g/mol. The molecule has 1 heterocycles. The van der Waals surface area contributed by atoms with E-state index >= 15 is 0 Å². The van der Waals surface area contributed by atoms with E-state index in [2.05, 4.69) is 17.5 Å². The highest BCUT2D eigenvalue weighted by atomic mass is 15.3. The van der Waals surface area contributed by atoms with Gasteiger partial charge in [0.15, 0.2) is 0 Å². The number of nitrogens with zero attached hydrogens (tertiary/aromatic N) is 2. The zero-order valence-corrected chi connectivity index (χ0v) is 8.71. The van der Waals surface area contributed by atoms with Crippen LogP contribution >= 0.6 is 0 Å². The minimum absolute atomic E-state index is 0.733. The summed E-state index contributed by atoms with van der Waals surface area (Å²) in [6.45, 7) is 0. The fourth-order valence-electron chi connectivity index (χ4n) is 2.28. The second kappa shape index (κ2) is 3.01. The third kappa shape index (κ3) is 1.31. The molecular formula is C11H17N3. The Bertz CT molecular complexity index is 350. The van der Waals surface area contributed by atoms with Crippen LogP contribution in [0.1, 0.15) is 36.9 Å². The summed E-state index contributed by atoms with van der Waals surface area (Å²) in [4.78, 5) is 0. The van der Waals surface area contributed by atoms with E-state index in [1.807, 2.05) is 4.68 Å². The summed E-state index contributed by atoms with van der Waals surface area (Å²) in [7, 11) is 2.06. The van der Waals surface area contributed by atoms with Crippen LogP contribution in [0, 0.1) is 0 Å². The number of hydrogen-bond acceptors (Lipinski definition) is 2. The number of fused-ring (bicyclic) bond motifs is 1. The van der Waals surface area contributed by atoms with Crippen LogP contribution in [-0.2, 0) is 19.9 Å². The lowest BCUT2D eigenvalue weighted by molar-refractivity contribution is 0.664. The summed E-state index contributed by atoms with van der Waals surface area (Å²) in [5, 5.41) is 8.18. The molecule has 0 aromatic carbocycles. The van der Waals surface area contributed by atoms with E-state index < -0.39 is 0 Å². The van der Waals surface area contributed by atoms with Crippen LogP contribution in [0.2, 0.25) is 0 Å². The molecule has 1 saturated carbocycles. The first-order valence-electron chi connectivity index (χ1n) is 5.66. The molecule has 1 aromatic rings. The highest BCUT2D eigenvalue weighted by molar-refractivity contribution is 5.50. The van der Waals surface area contributed by atoms with Crippen molar-refractivity contribution in [2.45, 2.75) is 44.6 Å². The maximum absolute atomic E-state index is 4.59. The van der Waals surface area contributed by atoms with Crippen LogP contribution in [0.4, 0.5) is 5.82 Å². The highest BCUT2D eigenvalue weighted by Gasteiger charge is 2.26. The van der Waals surface area contributed by atoms with E-state index in [1.54, 1.807) is 0 Å². The Hall–Kier alpha value is -0.990. The largest absolute Gasteiger partial charge is 0.367 e. The molecule has 3 heteroatoms. The normalized spacial score (nSPS) is 20.6. The summed E-state index contributed by atoms with van der Waals surface area (Å²) in [5.74, 6) is 1.29. The van der Waals surface area contributed by atoms with Gasteiger partial charge in [-0.1, -0.05) is 0 Å². The lowest BCUT2D eigenvalue weighted by atomic mass is 9.97. The maximum Gasteiger partial charge on any atom is 0.127 e. The van der Waals surface area contributed by atoms with Gasteiger partial charge in [0, 0.05) is 18.7 Å². The summed E-state index contributed by atoms with van der Waals surface area (Å²) in [5.41, 5.74) is 2.83. The Labute approximate surface area is 84.5 Å². The van der Waals surface area contributed by atoms with Crippen molar-refractivity contribution in [3.05, 3.63) is 11.3 Å². The number of nitrogens with one attached hydrogen (secondary N) is 1. The van der Waals surface area contributed by atoms with E-state index in [9.17, 15) is 0 Å². The maximum atomic E-state index is 4.59. The van der Waals surface area contributed by atoms with Crippen LogP contribution in [0.5, 0.6) is 0 Å². The van der Waals surface area contributed by atoms with E-state index in [4.69, 9.17) is 0 Å². The number of rotatable bonds is 2. The zero-order valence-electron chi connectivity index (χ0n) is 8.71. The van der Waals surface area contributed by atoms with Crippen LogP contribution < -0.4 is 5.32 Å². The predicted molar refractivity (Wildman–Crippen MR) is 56.5 cm³/mol.